The Labute approximate surface area is 113 Å². The van der Waals surface area contributed by atoms with Crippen LogP contribution < -0.4 is 10.9 Å². The van der Waals surface area contributed by atoms with Crippen molar-refractivity contribution in [2.75, 3.05) is 5.32 Å². The Kier molecular flexibility index (Phi) is 3.60. The topological polar surface area (TPSA) is 112 Å². The summed E-state index contributed by atoms with van der Waals surface area (Å²) in [6.07, 6.45) is 1.00. The Balaban J connectivity index is 2.41. The van der Waals surface area contributed by atoms with Crippen molar-refractivity contribution < 1.29 is 14.7 Å². The molecule has 0 aliphatic rings. The van der Waals surface area contributed by atoms with Gasteiger partial charge in [0.1, 0.15) is 11.4 Å². The fraction of sp³-hybridized carbons (Fsp3) is 0.0769. The van der Waals surface area contributed by atoms with E-state index >= 15 is 0 Å². The molecule has 0 spiro atoms. The second-order valence-electron chi connectivity index (χ2n) is 4.04. The van der Waals surface area contributed by atoms with Crippen molar-refractivity contribution in [3.63, 3.8) is 0 Å². The van der Waals surface area contributed by atoms with Gasteiger partial charge in [0.2, 0.25) is 5.91 Å². The molecule has 1 heterocycles. The summed E-state index contributed by atoms with van der Waals surface area (Å²) in [6, 6.07) is 6.68. The van der Waals surface area contributed by atoms with Crippen LogP contribution in [0.2, 0.25) is 0 Å². The van der Waals surface area contributed by atoms with Crippen LogP contribution in [-0.4, -0.2) is 27.0 Å². The van der Waals surface area contributed by atoms with E-state index in [1.54, 1.807) is 24.3 Å². The van der Waals surface area contributed by atoms with Gasteiger partial charge in [0.15, 0.2) is 0 Å². The van der Waals surface area contributed by atoms with E-state index in [1.807, 2.05) is 0 Å². The zero-order valence-corrected chi connectivity index (χ0v) is 10.5. The maximum absolute atomic E-state index is 11.6. The number of carboxylic acids is 1. The number of carbonyl (C=O) groups excluding carboxylic acids is 1. The highest BCUT2D eigenvalue weighted by atomic mass is 16.4. The van der Waals surface area contributed by atoms with Crippen molar-refractivity contribution in [2.45, 2.75) is 6.92 Å². The number of amides is 1. The molecular weight excluding hydrogens is 262 g/mol. The Morgan fingerprint density at radius 3 is 2.70 bits per heavy atom. The lowest BCUT2D eigenvalue weighted by Crippen LogP contribution is -2.18. The van der Waals surface area contributed by atoms with Crippen molar-refractivity contribution >= 4 is 17.6 Å². The molecule has 0 radical (unpaired) electrons. The predicted molar refractivity (Wildman–Crippen MR) is 71.6 cm³/mol. The first kappa shape index (κ1) is 13.5. The van der Waals surface area contributed by atoms with E-state index in [1.165, 1.54) is 6.92 Å². The van der Waals surface area contributed by atoms with Gasteiger partial charge in [-0.3, -0.25) is 9.59 Å². The number of aromatic nitrogens is 2. The molecule has 102 valence electrons. The molecular formula is C13H11N3O4. The number of benzene rings is 1. The van der Waals surface area contributed by atoms with Crippen LogP contribution in [0.4, 0.5) is 5.69 Å². The molecule has 1 aromatic carbocycles. The van der Waals surface area contributed by atoms with Crippen molar-refractivity contribution in [2.24, 2.45) is 0 Å². The number of hydrogen-bond donors (Lipinski definition) is 3. The van der Waals surface area contributed by atoms with Crippen LogP contribution in [0.3, 0.4) is 0 Å². The molecule has 1 aromatic heterocycles. The fourth-order valence-electron chi connectivity index (χ4n) is 1.64. The van der Waals surface area contributed by atoms with Crippen molar-refractivity contribution in [1.82, 2.24) is 9.97 Å². The summed E-state index contributed by atoms with van der Waals surface area (Å²) in [7, 11) is 0. The molecule has 1 amide bonds. The zero-order valence-electron chi connectivity index (χ0n) is 10.5. The van der Waals surface area contributed by atoms with Gasteiger partial charge in [0, 0.05) is 24.4 Å². The minimum Gasteiger partial charge on any atom is -0.477 e. The van der Waals surface area contributed by atoms with Gasteiger partial charge in [-0.2, -0.15) is 0 Å². The van der Waals surface area contributed by atoms with Crippen molar-refractivity contribution in [3.8, 4) is 11.4 Å². The number of aromatic carboxylic acids is 1. The third-order valence-corrected chi connectivity index (χ3v) is 2.49. The van der Waals surface area contributed by atoms with Gasteiger partial charge >= 0.3 is 5.97 Å². The lowest BCUT2D eigenvalue weighted by atomic mass is 10.2. The Morgan fingerprint density at radius 2 is 2.10 bits per heavy atom. The van der Waals surface area contributed by atoms with Gasteiger partial charge in [0.05, 0.1) is 0 Å². The summed E-state index contributed by atoms with van der Waals surface area (Å²) in [5.41, 5.74) is -0.0376. The minimum atomic E-state index is -1.34. The number of carbonyl (C=O) groups is 2. The maximum atomic E-state index is 11.6. The van der Waals surface area contributed by atoms with Crippen LogP contribution in [0.25, 0.3) is 11.4 Å². The average molecular weight is 273 g/mol. The molecule has 0 aliphatic carbocycles. The van der Waals surface area contributed by atoms with Gasteiger partial charge < -0.3 is 15.4 Å². The van der Waals surface area contributed by atoms with E-state index in [0.717, 1.165) is 6.20 Å². The van der Waals surface area contributed by atoms with Gasteiger partial charge in [-0.1, -0.05) is 12.1 Å². The molecule has 0 aliphatic heterocycles. The largest absolute Gasteiger partial charge is 0.477 e. The van der Waals surface area contributed by atoms with Gasteiger partial charge in [-0.05, 0) is 12.1 Å². The first-order chi connectivity index (χ1) is 9.47. The molecule has 0 bridgehead atoms. The number of aromatic amines is 1. The summed E-state index contributed by atoms with van der Waals surface area (Å²) in [5.74, 6) is -1.32. The Hall–Kier alpha value is -2.96. The van der Waals surface area contributed by atoms with Gasteiger partial charge in [0.25, 0.3) is 5.56 Å². The van der Waals surface area contributed by atoms with E-state index < -0.39 is 17.1 Å². The molecule has 2 aromatic rings. The highest BCUT2D eigenvalue weighted by Crippen LogP contribution is 2.18. The smallest absolute Gasteiger partial charge is 0.342 e. The van der Waals surface area contributed by atoms with Crippen LogP contribution in [0, 0.1) is 0 Å². The van der Waals surface area contributed by atoms with E-state index in [9.17, 15) is 14.4 Å². The molecule has 3 N–H and O–H groups in total. The molecule has 0 saturated heterocycles. The van der Waals surface area contributed by atoms with Gasteiger partial charge in [-0.15, -0.1) is 0 Å². The summed E-state index contributed by atoms with van der Waals surface area (Å²) in [5, 5.41) is 11.4. The predicted octanol–water partition coefficient (Wildman–Crippen LogP) is 1.09. The van der Waals surface area contributed by atoms with Crippen LogP contribution in [0.5, 0.6) is 0 Å². The number of nitrogens with one attached hydrogen (secondary N) is 2. The average Bonchev–Trinajstić information content (AvgIpc) is 2.37. The molecule has 7 heteroatoms. The number of anilines is 1. The number of nitrogens with zero attached hydrogens (tertiary/aromatic N) is 1. The quantitative estimate of drug-likeness (QED) is 0.775. The summed E-state index contributed by atoms with van der Waals surface area (Å²) < 4.78 is 0. The van der Waals surface area contributed by atoms with E-state index in [0.29, 0.717) is 11.3 Å². The minimum absolute atomic E-state index is 0.218. The van der Waals surface area contributed by atoms with Crippen LogP contribution in [-0.2, 0) is 4.79 Å². The van der Waals surface area contributed by atoms with E-state index in [4.69, 9.17) is 5.11 Å². The number of rotatable bonds is 3. The lowest BCUT2D eigenvalue weighted by Gasteiger charge is -2.05. The highest BCUT2D eigenvalue weighted by molar-refractivity contribution is 5.89. The third-order valence-electron chi connectivity index (χ3n) is 2.49. The highest BCUT2D eigenvalue weighted by Gasteiger charge is 2.11. The molecule has 0 unspecified atom stereocenters. The normalized spacial score (nSPS) is 10.1. The number of carboxylic acid groups (broad SMARTS) is 1. The van der Waals surface area contributed by atoms with Gasteiger partial charge in [-0.25, -0.2) is 9.78 Å². The summed E-state index contributed by atoms with van der Waals surface area (Å²) in [4.78, 5) is 39.6. The zero-order chi connectivity index (χ0) is 14.7. The second-order valence-corrected chi connectivity index (χ2v) is 4.04. The molecule has 0 atom stereocenters. The monoisotopic (exact) mass is 273 g/mol. The number of H-pyrrole nitrogens is 1. The molecule has 20 heavy (non-hydrogen) atoms. The standard InChI is InChI=1S/C13H11N3O4/c1-7(17)15-9-4-2-3-8(5-9)11-14-6-10(13(19)20)12(18)16-11/h2-6H,1H3,(H,15,17)(H,19,20)(H,14,16,18). The van der Waals surface area contributed by atoms with Crippen LogP contribution >= 0.6 is 0 Å². The summed E-state index contributed by atoms with van der Waals surface area (Å²) >= 11 is 0. The maximum Gasteiger partial charge on any atom is 0.342 e. The van der Waals surface area contributed by atoms with Crippen LogP contribution in [0.15, 0.2) is 35.3 Å². The molecule has 0 saturated carbocycles. The van der Waals surface area contributed by atoms with Crippen LogP contribution in [0.1, 0.15) is 17.3 Å². The SMILES string of the molecule is CC(=O)Nc1cccc(-c2ncc(C(=O)O)c(=O)[nH]2)c1. The van der Waals surface area contributed by atoms with E-state index in [-0.39, 0.29) is 11.7 Å². The third kappa shape index (κ3) is 2.89. The molecule has 0 fully saturated rings. The first-order valence-electron chi connectivity index (χ1n) is 5.68. The Morgan fingerprint density at radius 1 is 1.35 bits per heavy atom. The molecule has 7 nitrogen and oxygen atoms in total. The first-order valence-corrected chi connectivity index (χ1v) is 5.68. The number of hydrogen-bond acceptors (Lipinski definition) is 4. The Bertz CT molecular complexity index is 736. The van der Waals surface area contributed by atoms with Crippen molar-refractivity contribution in [3.05, 3.63) is 46.4 Å². The second kappa shape index (κ2) is 5.35. The fourth-order valence-corrected chi connectivity index (χ4v) is 1.64. The van der Waals surface area contributed by atoms with E-state index in [2.05, 4.69) is 15.3 Å². The van der Waals surface area contributed by atoms with Crippen molar-refractivity contribution in [1.29, 1.82) is 0 Å². The molecule has 2 rings (SSSR count). The lowest BCUT2D eigenvalue weighted by molar-refractivity contribution is -0.114. The summed E-state index contributed by atoms with van der Waals surface area (Å²) in [6.45, 7) is 1.38.